The fraction of sp³-hybridized carbons (Fsp3) is 0.636. The smallest absolute Gasteiger partial charge is 0.187 e. The number of aryl methyl sites for hydroxylation is 1. The highest BCUT2D eigenvalue weighted by molar-refractivity contribution is 7.99. The molecule has 1 aliphatic rings. The molecule has 1 heterocycles. The lowest BCUT2D eigenvalue weighted by Crippen LogP contribution is -2.27. The fourth-order valence-corrected chi connectivity index (χ4v) is 2.77. The zero-order valence-corrected chi connectivity index (χ0v) is 9.76. The average Bonchev–Trinajstić information content (AvgIpc) is 2.65. The van der Waals surface area contributed by atoms with E-state index in [0.717, 1.165) is 42.2 Å². The third kappa shape index (κ3) is 2.92. The molecule has 0 atom stereocenters. The van der Waals surface area contributed by atoms with Gasteiger partial charge in [0.05, 0.1) is 5.60 Å². The predicted octanol–water partition coefficient (Wildman–Crippen LogP) is 2.18. The van der Waals surface area contributed by atoms with Gasteiger partial charge in [-0.15, -0.1) is 0 Å². The second-order valence-corrected chi connectivity index (χ2v) is 5.21. The third-order valence-corrected chi connectivity index (χ3v) is 3.91. The minimum absolute atomic E-state index is 0.473. The van der Waals surface area contributed by atoms with Gasteiger partial charge >= 0.3 is 0 Å². The first-order valence-electron chi connectivity index (χ1n) is 5.32. The zero-order chi connectivity index (χ0) is 10.7. The number of hydrogen-bond donors (Lipinski definition) is 1. The maximum absolute atomic E-state index is 10.1. The van der Waals surface area contributed by atoms with Crippen molar-refractivity contribution in [2.24, 2.45) is 0 Å². The Labute approximate surface area is 94.3 Å². The molecule has 1 aliphatic carbocycles. The molecule has 4 heteroatoms. The van der Waals surface area contributed by atoms with Crippen LogP contribution in [0.5, 0.6) is 0 Å². The Balaban J connectivity index is 1.90. The molecule has 0 aliphatic heterocycles. The molecule has 0 radical (unpaired) electrons. The van der Waals surface area contributed by atoms with Crippen LogP contribution in [-0.4, -0.2) is 26.4 Å². The van der Waals surface area contributed by atoms with E-state index in [1.165, 1.54) is 0 Å². The summed E-state index contributed by atoms with van der Waals surface area (Å²) >= 11 is 1.55. The van der Waals surface area contributed by atoms with Gasteiger partial charge in [0.1, 0.15) is 0 Å². The molecule has 0 aromatic carbocycles. The minimum Gasteiger partial charge on any atom is -0.389 e. The van der Waals surface area contributed by atoms with Crippen molar-refractivity contribution in [1.29, 1.82) is 0 Å². The molecule has 82 valence electrons. The molecule has 0 unspecified atom stereocenters. The van der Waals surface area contributed by atoms with E-state index >= 15 is 0 Å². The van der Waals surface area contributed by atoms with E-state index in [4.69, 9.17) is 0 Å². The van der Waals surface area contributed by atoms with Crippen molar-refractivity contribution in [3.63, 3.8) is 0 Å². The van der Waals surface area contributed by atoms with Crippen molar-refractivity contribution >= 4 is 11.8 Å². The molecule has 0 amide bonds. The molecule has 3 nitrogen and oxygen atoms in total. The van der Waals surface area contributed by atoms with E-state index < -0.39 is 5.60 Å². The van der Waals surface area contributed by atoms with Gasteiger partial charge in [0.25, 0.3) is 0 Å². The number of thioether (sulfide) groups is 1. The predicted molar refractivity (Wildman–Crippen MR) is 60.9 cm³/mol. The van der Waals surface area contributed by atoms with E-state index in [1.54, 1.807) is 11.8 Å². The molecule has 1 aromatic rings. The quantitative estimate of drug-likeness (QED) is 0.631. The summed E-state index contributed by atoms with van der Waals surface area (Å²) in [6.07, 6.45) is 7.76. The zero-order valence-electron chi connectivity index (χ0n) is 8.94. The highest BCUT2D eigenvalue weighted by Crippen LogP contribution is 2.33. The molecular weight excluding hydrogens is 208 g/mol. The Morgan fingerprint density at radius 3 is 2.53 bits per heavy atom. The number of nitrogens with zero attached hydrogens (tertiary/aromatic N) is 2. The Kier molecular flexibility index (Phi) is 3.26. The van der Waals surface area contributed by atoms with E-state index in [-0.39, 0.29) is 0 Å². The number of aliphatic hydroxyl groups is 1. The van der Waals surface area contributed by atoms with Gasteiger partial charge in [-0.1, -0.05) is 24.6 Å². The van der Waals surface area contributed by atoms with Crippen LogP contribution in [0.15, 0.2) is 17.6 Å². The Morgan fingerprint density at radius 2 is 1.93 bits per heavy atom. The van der Waals surface area contributed by atoms with Crippen LogP contribution in [0.3, 0.4) is 0 Å². The number of hydrogen-bond acceptors (Lipinski definition) is 4. The maximum atomic E-state index is 10.1. The number of rotatable bonds is 3. The summed E-state index contributed by atoms with van der Waals surface area (Å²) in [5.41, 5.74) is 0.595. The Hall–Kier alpha value is -0.610. The molecule has 15 heavy (non-hydrogen) atoms. The minimum atomic E-state index is -0.473. The van der Waals surface area contributed by atoms with Gasteiger partial charge < -0.3 is 5.11 Å². The maximum Gasteiger partial charge on any atom is 0.187 e. The van der Waals surface area contributed by atoms with Crippen molar-refractivity contribution in [1.82, 2.24) is 9.97 Å². The lowest BCUT2D eigenvalue weighted by atomic mass is 10.1. The van der Waals surface area contributed by atoms with E-state index in [9.17, 15) is 5.11 Å². The second kappa shape index (κ2) is 4.49. The van der Waals surface area contributed by atoms with Crippen LogP contribution in [0.25, 0.3) is 0 Å². The molecule has 1 N–H and O–H groups in total. The van der Waals surface area contributed by atoms with Crippen LogP contribution < -0.4 is 0 Å². The SMILES string of the molecule is Cc1cnc(SCC2(O)CCCC2)nc1. The van der Waals surface area contributed by atoms with E-state index in [1.807, 2.05) is 19.3 Å². The standard InChI is InChI=1S/C11H16N2OS/c1-9-6-12-10(13-7-9)15-8-11(14)4-2-3-5-11/h6-7,14H,2-5,8H2,1H3. The van der Waals surface area contributed by atoms with E-state index in [2.05, 4.69) is 9.97 Å². The topological polar surface area (TPSA) is 46.0 Å². The van der Waals surface area contributed by atoms with Gasteiger partial charge in [-0.2, -0.15) is 0 Å². The van der Waals surface area contributed by atoms with Crippen LogP contribution in [-0.2, 0) is 0 Å². The van der Waals surface area contributed by atoms with Crippen molar-refractivity contribution in [2.75, 3.05) is 5.75 Å². The fourth-order valence-electron chi connectivity index (χ4n) is 1.83. The second-order valence-electron chi connectivity index (χ2n) is 4.26. The lowest BCUT2D eigenvalue weighted by Gasteiger charge is -2.20. The molecule has 2 rings (SSSR count). The van der Waals surface area contributed by atoms with Gasteiger partial charge in [-0.05, 0) is 25.3 Å². The van der Waals surface area contributed by atoms with Crippen LogP contribution in [0.1, 0.15) is 31.2 Å². The van der Waals surface area contributed by atoms with Gasteiger partial charge in [0.15, 0.2) is 5.16 Å². The molecule has 0 saturated heterocycles. The molecule has 0 bridgehead atoms. The van der Waals surface area contributed by atoms with Gasteiger partial charge in [-0.3, -0.25) is 0 Å². The summed E-state index contributed by atoms with van der Waals surface area (Å²) in [5, 5.41) is 10.9. The van der Waals surface area contributed by atoms with E-state index in [0.29, 0.717) is 0 Å². The van der Waals surface area contributed by atoms with Gasteiger partial charge in [0.2, 0.25) is 0 Å². The van der Waals surface area contributed by atoms with Crippen LogP contribution >= 0.6 is 11.8 Å². The van der Waals surface area contributed by atoms with Crippen molar-refractivity contribution in [3.8, 4) is 0 Å². The van der Waals surface area contributed by atoms with Crippen molar-refractivity contribution in [2.45, 2.75) is 43.4 Å². The summed E-state index contributed by atoms with van der Waals surface area (Å²) in [6, 6.07) is 0. The normalized spacial score (nSPS) is 19.3. The van der Waals surface area contributed by atoms with Crippen LogP contribution in [0.4, 0.5) is 0 Å². The first-order valence-corrected chi connectivity index (χ1v) is 6.30. The molecule has 1 aromatic heterocycles. The monoisotopic (exact) mass is 224 g/mol. The molecule has 1 saturated carbocycles. The molecular formula is C11H16N2OS. The highest BCUT2D eigenvalue weighted by atomic mass is 32.2. The summed E-state index contributed by atoms with van der Waals surface area (Å²) in [7, 11) is 0. The summed E-state index contributed by atoms with van der Waals surface area (Å²) in [4.78, 5) is 8.42. The van der Waals surface area contributed by atoms with Crippen molar-refractivity contribution in [3.05, 3.63) is 18.0 Å². The number of aromatic nitrogens is 2. The first-order chi connectivity index (χ1) is 7.18. The summed E-state index contributed by atoms with van der Waals surface area (Å²) in [5.74, 6) is 0.718. The van der Waals surface area contributed by atoms with Crippen LogP contribution in [0.2, 0.25) is 0 Å². The molecule has 0 spiro atoms. The van der Waals surface area contributed by atoms with Gasteiger partial charge in [0, 0.05) is 18.1 Å². The van der Waals surface area contributed by atoms with Crippen LogP contribution in [0, 0.1) is 6.92 Å². The molecule has 1 fully saturated rings. The first kappa shape index (κ1) is 10.9. The Morgan fingerprint density at radius 1 is 1.33 bits per heavy atom. The highest BCUT2D eigenvalue weighted by Gasteiger charge is 2.31. The Bertz CT molecular complexity index is 320. The lowest BCUT2D eigenvalue weighted by molar-refractivity contribution is 0.0732. The summed E-state index contributed by atoms with van der Waals surface area (Å²) < 4.78 is 0. The van der Waals surface area contributed by atoms with Crippen molar-refractivity contribution < 1.29 is 5.11 Å². The summed E-state index contributed by atoms with van der Waals surface area (Å²) in [6.45, 7) is 1.97. The average molecular weight is 224 g/mol. The largest absolute Gasteiger partial charge is 0.389 e. The van der Waals surface area contributed by atoms with Gasteiger partial charge in [-0.25, -0.2) is 9.97 Å². The third-order valence-electron chi connectivity index (χ3n) is 2.76.